The molecule has 4 aromatic rings. The van der Waals surface area contributed by atoms with Gasteiger partial charge in [-0.1, -0.05) is 126 Å². The first-order valence-electron chi connectivity index (χ1n) is 18.1. The summed E-state index contributed by atoms with van der Waals surface area (Å²) in [5, 5.41) is 10.5. The molecule has 0 bridgehead atoms. The van der Waals surface area contributed by atoms with Crippen LogP contribution in [0, 0.1) is 0 Å². The second-order valence-electron chi connectivity index (χ2n) is 14.7. The normalized spacial score (nSPS) is 26.9. The van der Waals surface area contributed by atoms with E-state index in [2.05, 4.69) is 96.4 Å². The van der Waals surface area contributed by atoms with Crippen LogP contribution in [0.3, 0.4) is 0 Å². The van der Waals surface area contributed by atoms with Gasteiger partial charge in [0.25, 0.3) is 0 Å². The van der Waals surface area contributed by atoms with Gasteiger partial charge in [0.1, 0.15) is 0 Å². The summed E-state index contributed by atoms with van der Waals surface area (Å²) in [6.07, 6.45) is 17.7. The van der Waals surface area contributed by atoms with Crippen LogP contribution in [0.15, 0.2) is 72.8 Å². The van der Waals surface area contributed by atoms with Crippen molar-refractivity contribution in [3.05, 3.63) is 89.5 Å². The van der Waals surface area contributed by atoms with E-state index < -0.39 is 8.22 Å². The Morgan fingerprint density at radius 3 is 1.75 bits per heavy atom. The largest absolute Gasteiger partial charge is 0.333 e. The molecule has 1 saturated heterocycles. The summed E-state index contributed by atoms with van der Waals surface area (Å²) in [4.78, 5) is 0. The average molecular weight is 603 g/mol. The molecule has 2 nitrogen and oxygen atoms in total. The molecule has 3 aliphatic carbocycles. The Kier molecular flexibility index (Phi) is 8.19. The number of rotatable bonds is 5. The Bertz CT molecular complexity index is 1600. The molecule has 4 atom stereocenters. The number of nitrogens with zero attached hydrogens (tertiary/aromatic N) is 1. The van der Waals surface area contributed by atoms with Gasteiger partial charge in [-0.2, -0.15) is 0 Å². The Hall–Kier alpha value is -2.41. The predicted octanol–water partition coefficient (Wildman–Crippen LogP) is 11.9. The lowest BCUT2D eigenvalue weighted by molar-refractivity contribution is 0.345. The van der Waals surface area contributed by atoms with E-state index in [4.69, 9.17) is 0 Å². The first-order valence-corrected chi connectivity index (χ1v) is 19.4. The van der Waals surface area contributed by atoms with Gasteiger partial charge in [-0.25, -0.2) is 0 Å². The molecule has 0 spiro atoms. The van der Waals surface area contributed by atoms with Gasteiger partial charge in [-0.15, -0.1) is 0 Å². The van der Waals surface area contributed by atoms with E-state index >= 15 is 0 Å². The van der Waals surface area contributed by atoms with Gasteiger partial charge in [0.15, 0.2) is 0 Å². The number of fused-ring (bicyclic) bond motifs is 3. The third-order valence-electron chi connectivity index (χ3n) is 11.8. The van der Waals surface area contributed by atoms with Crippen LogP contribution >= 0.6 is 8.22 Å². The van der Waals surface area contributed by atoms with Crippen LogP contribution in [0.25, 0.3) is 21.5 Å². The second-order valence-corrected chi connectivity index (χ2v) is 17.1. The molecule has 1 heterocycles. The highest BCUT2D eigenvalue weighted by Crippen LogP contribution is 2.59. The number of benzene rings is 4. The van der Waals surface area contributed by atoms with Gasteiger partial charge in [0, 0.05) is 28.7 Å². The van der Waals surface area contributed by atoms with Crippen molar-refractivity contribution in [3.8, 4) is 0 Å². The first-order chi connectivity index (χ1) is 21.7. The van der Waals surface area contributed by atoms with E-state index in [-0.39, 0.29) is 0 Å². The SMILES string of the molecule is CC(C)P1NC2C(c3cccc4cccc(C5CCCCC5)c34)CCCC2N1c1cccc2cccc(C3CCCCC3)c12. The van der Waals surface area contributed by atoms with Crippen molar-refractivity contribution in [1.29, 1.82) is 0 Å². The quantitative estimate of drug-likeness (QED) is 0.229. The fraction of sp³-hybridized carbons (Fsp3) is 0.512. The maximum Gasteiger partial charge on any atom is 0.0677 e. The van der Waals surface area contributed by atoms with Crippen LogP contribution in [0.2, 0.25) is 0 Å². The number of hydrogen-bond donors (Lipinski definition) is 1. The Labute approximate surface area is 266 Å². The van der Waals surface area contributed by atoms with Gasteiger partial charge in [0.2, 0.25) is 0 Å². The molecule has 44 heavy (non-hydrogen) atoms. The van der Waals surface area contributed by atoms with Crippen LogP contribution < -0.4 is 9.76 Å². The predicted molar refractivity (Wildman–Crippen MR) is 191 cm³/mol. The van der Waals surface area contributed by atoms with Gasteiger partial charge in [-0.3, -0.25) is 5.09 Å². The zero-order valence-electron chi connectivity index (χ0n) is 27.0. The summed E-state index contributed by atoms with van der Waals surface area (Å²) in [6, 6.07) is 29.9. The third kappa shape index (κ3) is 5.09. The molecule has 0 radical (unpaired) electrons. The summed E-state index contributed by atoms with van der Waals surface area (Å²) in [7, 11) is -0.494. The highest BCUT2D eigenvalue weighted by atomic mass is 31.1. The summed E-state index contributed by atoms with van der Waals surface area (Å²) in [5.41, 5.74) is 7.02. The van der Waals surface area contributed by atoms with E-state index in [0.29, 0.717) is 29.6 Å². The monoisotopic (exact) mass is 602 g/mol. The first kappa shape index (κ1) is 29.0. The molecule has 0 amide bonds. The minimum absolute atomic E-state index is 0.494. The van der Waals surface area contributed by atoms with Crippen LogP contribution in [0.4, 0.5) is 5.69 Å². The third-order valence-corrected chi connectivity index (χ3v) is 14.3. The lowest BCUT2D eigenvalue weighted by Crippen LogP contribution is -2.43. The Morgan fingerprint density at radius 2 is 1.14 bits per heavy atom. The number of nitrogens with one attached hydrogen (secondary N) is 1. The van der Waals surface area contributed by atoms with Crippen molar-refractivity contribution in [2.45, 2.75) is 133 Å². The van der Waals surface area contributed by atoms with Crippen molar-refractivity contribution in [1.82, 2.24) is 5.09 Å². The van der Waals surface area contributed by atoms with Crippen LogP contribution in [-0.2, 0) is 0 Å². The Balaban J connectivity index is 1.23. The number of anilines is 1. The Morgan fingerprint density at radius 1 is 0.591 bits per heavy atom. The second kappa shape index (κ2) is 12.4. The molecule has 0 aromatic heterocycles. The molecule has 4 aromatic carbocycles. The zero-order chi connectivity index (χ0) is 29.6. The molecular weight excluding hydrogens is 551 g/mol. The molecular formula is C41H51N2P. The van der Waals surface area contributed by atoms with E-state index in [9.17, 15) is 0 Å². The molecule has 1 aliphatic heterocycles. The summed E-state index contributed by atoms with van der Waals surface area (Å²) < 4.78 is 2.96. The molecule has 230 valence electrons. The molecule has 3 saturated carbocycles. The average Bonchev–Trinajstić information content (AvgIpc) is 3.48. The molecule has 1 N–H and O–H groups in total. The number of hydrogen-bond acceptors (Lipinski definition) is 2. The van der Waals surface area contributed by atoms with Crippen molar-refractivity contribution in [3.63, 3.8) is 0 Å². The maximum atomic E-state index is 4.41. The summed E-state index contributed by atoms with van der Waals surface area (Å²) in [6.45, 7) is 4.93. The van der Waals surface area contributed by atoms with E-state index in [0.717, 1.165) is 5.92 Å². The standard InChI is InChI=1S/C41H51N2P/c1-28(2)44-42-41-36(35-24-11-19-31-18-9-22-33(39(31)35)29-14-5-3-6-15-29)25-13-27-38(41)43(44)37-26-12-21-32-20-10-23-34(40(32)37)30-16-7-4-8-17-30/h9-12,18-24,26,28-30,36,38,41-42H,3-8,13-17,25,27H2,1-2H3. The van der Waals surface area contributed by atoms with Crippen LogP contribution in [0.1, 0.15) is 132 Å². The van der Waals surface area contributed by atoms with Crippen molar-refractivity contribution in [2.75, 3.05) is 4.67 Å². The van der Waals surface area contributed by atoms with Gasteiger partial charge in [-0.05, 0) is 89.3 Å². The smallest absolute Gasteiger partial charge is 0.0677 e. The highest BCUT2D eigenvalue weighted by molar-refractivity contribution is 7.58. The van der Waals surface area contributed by atoms with E-state index in [1.807, 2.05) is 0 Å². The molecule has 8 rings (SSSR count). The van der Waals surface area contributed by atoms with Crippen molar-refractivity contribution >= 4 is 35.5 Å². The highest BCUT2D eigenvalue weighted by Gasteiger charge is 2.48. The van der Waals surface area contributed by atoms with Gasteiger partial charge >= 0.3 is 0 Å². The van der Waals surface area contributed by atoms with Gasteiger partial charge in [0.05, 0.1) is 14.3 Å². The van der Waals surface area contributed by atoms with E-state index in [1.165, 1.54) is 99.9 Å². The minimum atomic E-state index is -0.494. The maximum absolute atomic E-state index is 4.41. The van der Waals surface area contributed by atoms with Crippen molar-refractivity contribution < 1.29 is 0 Å². The zero-order valence-corrected chi connectivity index (χ0v) is 27.9. The van der Waals surface area contributed by atoms with Gasteiger partial charge < -0.3 is 4.67 Å². The minimum Gasteiger partial charge on any atom is -0.333 e. The fourth-order valence-electron chi connectivity index (χ4n) is 9.80. The van der Waals surface area contributed by atoms with E-state index in [1.54, 1.807) is 27.5 Å². The molecule has 4 unspecified atom stereocenters. The summed E-state index contributed by atoms with van der Waals surface area (Å²) in [5.74, 6) is 1.99. The fourth-order valence-corrected chi connectivity index (χ4v) is 12.4. The van der Waals surface area contributed by atoms with Crippen LogP contribution in [-0.4, -0.2) is 17.7 Å². The topological polar surface area (TPSA) is 15.3 Å². The lowest BCUT2D eigenvalue weighted by atomic mass is 9.74. The molecule has 4 fully saturated rings. The lowest BCUT2D eigenvalue weighted by Gasteiger charge is -2.39. The van der Waals surface area contributed by atoms with Crippen LogP contribution in [0.5, 0.6) is 0 Å². The molecule has 4 aliphatic rings. The summed E-state index contributed by atoms with van der Waals surface area (Å²) >= 11 is 0. The van der Waals surface area contributed by atoms with Crippen molar-refractivity contribution in [2.24, 2.45) is 0 Å². The molecule has 3 heteroatoms.